The normalized spacial score (nSPS) is 19.8. The molecule has 0 spiro atoms. The lowest BCUT2D eigenvalue weighted by Gasteiger charge is -2.39. The van der Waals surface area contributed by atoms with E-state index in [0.717, 1.165) is 31.7 Å². The molecule has 1 aromatic heterocycles. The lowest BCUT2D eigenvalue weighted by Crippen LogP contribution is -2.51. The number of hydrogen-bond donors (Lipinski definition) is 1. The number of aromatic nitrogens is 2. The van der Waals surface area contributed by atoms with Crippen molar-refractivity contribution in [2.45, 2.75) is 38.8 Å². The van der Waals surface area contributed by atoms with E-state index >= 15 is 0 Å². The maximum Gasteiger partial charge on any atom is 0.227 e. The zero-order valence-corrected chi connectivity index (χ0v) is 15.5. The average molecular weight is 364 g/mol. The van der Waals surface area contributed by atoms with E-state index in [2.05, 4.69) is 15.1 Å². The van der Waals surface area contributed by atoms with E-state index in [1.165, 1.54) is 0 Å². The van der Waals surface area contributed by atoms with Crippen molar-refractivity contribution in [2.75, 3.05) is 25.0 Å². The van der Waals surface area contributed by atoms with Gasteiger partial charge in [0.2, 0.25) is 5.91 Å². The van der Waals surface area contributed by atoms with Gasteiger partial charge in [-0.15, -0.1) is 29.9 Å². The molecule has 0 radical (unpaired) electrons. The highest BCUT2D eigenvalue weighted by Gasteiger charge is 2.30. The maximum atomic E-state index is 12.4. The molecule has 132 valence electrons. The Labute approximate surface area is 150 Å². The van der Waals surface area contributed by atoms with Gasteiger partial charge in [-0.2, -0.15) is 5.10 Å². The molecule has 2 rings (SSSR count). The first-order chi connectivity index (χ1) is 10.0. The summed E-state index contributed by atoms with van der Waals surface area (Å²) in [5.74, 6) is 0.848. The smallest absolute Gasteiger partial charge is 0.227 e. The number of hydrogen-bond acceptors (Lipinski definition) is 5. The van der Waals surface area contributed by atoms with Crippen molar-refractivity contribution < 1.29 is 4.79 Å². The zero-order chi connectivity index (χ0) is 15.4. The summed E-state index contributed by atoms with van der Waals surface area (Å²) in [7, 11) is 1.88. The lowest BCUT2D eigenvalue weighted by molar-refractivity contribution is -0.136. The van der Waals surface area contributed by atoms with Crippen molar-refractivity contribution in [3.05, 3.63) is 18.3 Å². The van der Waals surface area contributed by atoms with Crippen molar-refractivity contribution in [1.82, 2.24) is 15.1 Å². The molecule has 1 saturated heterocycles. The fourth-order valence-corrected chi connectivity index (χ4v) is 2.67. The quantitative estimate of drug-likeness (QED) is 0.881. The molecule has 0 aliphatic carbocycles. The third kappa shape index (κ3) is 5.48. The third-order valence-corrected chi connectivity index (χ3v) is 4.35. The molecule has 3 unspecified atom stereocenters. The monoisotopic (exact) mass is 363 g/mol. The van der Waals surface area contributed by atoms with Crippen LogP contribution in [-0.2, 0) is 4.79 Å². The number of rotatable bonds is 4. The number of piperidine rings is 1. The Morgan fingerprint density at radius 3 is 2.70 bits per heavy atom. The fraction of sp³-hybridized carbons (Fsp3) is 0.667. The Morgan fingerprint density at radius 2 is 2.13 bits per heavy atom. The van der Waals surface area contributed by atoms with Crippen LogP contribution in [-0.4, -0.2) is 53.2 Å². The van der Waals surface area contributed by atoms with Gasteiger partial charge in [0, 0.05) is 38.4 Å². The van der Waals surface area contributed by atoms with Crippen molar-refractivity contribution >= 4 is 36.5 Å². The molecule has 1 aliphatic heterocycles. The number of likely N-dealkylation sites (N-methyl/N-ethyl adjacent to an activating group) is 1. The van der Waals surface area contributed by atoms with Gasteiger partial charge in [0.15, 0.2) is 5.82 Å². The van der Waals surface area contributed by atoms with Gasteiger partial charge >= 0.3 is 0 Å². The van der Waals surface area contributed by atoms with E-state index < -0.39 is 0 Å². The molecule has 3 atom stereocenters. The number of anilines is 1. The highest BCUT2D eigenvalue weighted by Crippen LogP contribution is 2.21. The summed E-state index contributed by atoms with van der Waals surface area (Å²) in [5.41, 5.74) is 5.85. The Hall–Kier alpha value is -1.11. The highest BCUT2D eigenvalue weighted by molar-refractivity contribution is 5.85. The van der Waals surface area contributed by atoms with E-state index in [4.69, 9.17) is 5.73 Å². The molecule has 0 bridgehead atoms. The molecule has 1 aliphatic rings. The van der Waals surface area contributed by atoms with Crippen LogP contribution in [0.25, 0.3) is 0 Å². The molecular weight excluding hydrogens is 337 g/mol. The summed E-state index contributed by atoms with van der Waals surface area (Å²) in [6, 6.07) is 3.93. The Morgan fingerprint density at radius 1 is 1.43 bits per heavy atom. The topological polar surface area (TPSA) is 75.4 Å². The molecule has 2 N–H and O–H groups in total. The summed E-state index contributed by atoms with van der Waals surface area (Å²) in [6.07, 6.45) is 3.74. The van der Waals surface area contributed by atoms with E-state index in [9.17, 15) is 4.79 Å². The summed E-state index contributed by atoms with van der Waals surface area (Å²) in [5, 5.41) is 8.08. The number of carbonyl (C=O) groups excluding carboxylic acids is 1. The van der Waals surface area contributed by atoms with E-state index in [-0.39, 0.29) is 48.7 Å². The van der Waals surface area contributed by atoms with Crippen LogP contribution in [0.1, 0.15) is 26.7 Å². The van der Waals surface area contributed by atoms with Gasteiger partial charge in [-0.1, -0.05) is 6.92 Å². The molecular formula is C15H27Cl2N5O. The summed E-state index contributed by atoms with van der Waals surface area (Å²) < 4.78 is 0. The molecule has 23 heavy (non-hydrogen) atoms. The Balaban J connectivity index is 0.00000242. The first-order valence-corrected chi connectivity index (χ1v) is 7.55. The largest absolute Gasteiger partial charge is 0.353 e. The number of amides is 1. The van der Waals surface area contributed by atoms with Gasteiger partial charge in [-0.05, 0) is 31.9 Å². The highest BCUT2D eigenvalue weighted by atomic mass is 35.5. The second-order valence-electron chi connectivity index (χ2n) is 5.92. The van der Waals surface area contributed by atoms with E-state index in [0.29, 0.717) is 0 Å². The Bertz CT molecular complexity index is 474. The van der Waals surface area contributed by atoms with Crippen LogP contribution in [0.3, 0.4) is 0 Å². The van der Waals surface area contributed by atoms with Crippen molar-refractivity contribution in [1.29, 1.82) is 0 Å². The number of nitrogens with two attached hydrogens (primary N) is 1. The van der Waals surface area contributed by atoms with Crippen LogP contribution in [0, 0.1) is 5.92 Å². The average Bonchev–Trinajstić information content (AvgIpc) is 2.53. The molecule has 1 fully saturated rings. The molecule has 2 heterocycles. The SMILES string of the molecule is CC(N)C(C)C(=O)N(C)C1CCCN(c2cccnn2)C1.Cl.Cl. The van der Waals surface area contributed by atoms with E-state index in [1.54, 1.807) is 6.20 Å². The predicted molar refractivity (Wildman–Crippen MR) is 97.3 cm³/mol. The molecule has 8 heteroatoms. The first kappa shape index (κ1) is 21.9. The minimum Gasteiger partial charge on any atom is -0.353 e. The van der Waals surface area contributed by atoms with Gasteiger partial charge in [0.25, 0.3) is 0 Å². The summed E-state index contributed by atoms with van der Waals surface area (Å²) in [6.45, 7) is 5.53. The van der Waals surface area contributed by atoms with Gasteiger partial charge in [0.05, 0.1) is 5.92 Å². The van der Waals surface area contributed by atoms with Crippen LogP contribution < -0.4 is 10.6 Å². The second-order valence-corrected chi connectivity index (χ2v) is 5.92. The molecule has 6 nitrogen and oxygen atoms in total. The van der Waals surface area contributed by atoms with Crippen molar-refractivity contribution in [3.8, 4) is 0 Å². The minimum atomic E-state index is -0.151. The number of carbonyl (C=O) groups is 1. The van der Waals surface area contributed by atoms with Crippen molar-refractivity contribution in [2.24, 2.45) is 11.7 Å². The van der Waals surface area contributed by atoms with Crippen LogP contribution in [0.5, 0.6) is 0 Å². The number of nitrogens with zero attached hydrogens (tertiary/aromatic N) is 4. The number of halogens is 2. The van der Waals surface area contributed by atoms with Gasteiger partial charge < -0.3 is 15.5 Å². The Kier molecular flexibility index (Phi) is 9.42. The van der Waals surface area contributed by atoms with E-state index in [1.807, 2.05) is 37.9 Å². The molecule has 1 aromatic rings. The standard InChI is InChI=1S/C15H25N5O.2ClH/c1-11(12(2)16)15(21)19(3)13-6-5-9-20(10-13)14-7-4-8-17-18-14;;/h4,7-8,11-13H,5-6,9-10,16H2,1-3H3;2*1H. The van der Waals surface area contributed by atoms with Gasteiger partial charge in [0.1, 0.15) is 0 Å². The van der Waals surface area contributed by atoms with Crippen LogP contribution in [0.15, 0.2) is 18.3 Å². The fourth-order valence-electron chi connectivity index (χ4n) is 2.67. The lowest BCUT2D eigenvalue weighted by atomic mass is 9.99. The second kappa shape index (κ2) is 9.90. The summed E-state index contributed by atoms with van der Waals surface area (Å²) >= 11 is 0. The minimum absolute atomic E-state index is 0. The van der Waals surface area contributed by atoms with Gasteiger partial charge in [-0.25, -0.2) is 0 Å². The van der Waals surface area contributed by atoms with Gasteiger partial charge in [-0.3, -0.25) is 4.79 Å². The third-order valence-electron chi connectivity index (χ3n) is 4.35. The molecule has 0 aromatic carbocycles. The molecule has 0 saturated carbocycles. The summed E-state index contributed by atoms with van der Waals surface area (Å²) in [4.78, 5) is 16.5. The first-order valence-electron chi connectivity index (χ1n) is 7.55. The van der Waals surface area contributed by atoms with Crippen LogP contribution >= 0.6 is 24.8 Å². The predicted octanol–water partition coefficient (Wildman–Crippen LogP) is 1.73. The molecule has 1 amide bonds. The van der Waals surface area contributed by atoms with Crippen LogP contribution in [0.4, 0.5) is 5.82 Å². The van der Waals surface area contributed by atoms with Crippen LogP contribution in [0.2, 0.25) is 0 Å². The van der Waals surface area contributed by atoms with Crippen molar-refractivity contribution in [3.63, 3.8) is 0 Å². The maximum absolute atomic E-state index is 12.4. The zero-order valence-electron chi connectivity index (χ0n) is 13.9.